The van der Waals surface area contributed by atoms with E-state index in [0.717, 1.165) is 37.8 Å². The molecule has 23 heavy (non-hydrogen) atoms. The smallest absolute Gasteiger partial charge is 0.227 e. The number of likely N-dealkylation sites (tertiary alicyclic amines) is 1. The van der Waals surface area contributed by atoms with Crippen molar-refractivity contribution in [3.63, 3.8) is 0 Å². The zero-order chi connectivity index (χ0) is 16.1. The molecule has 1 aliphatic rings. The Morgan fingerprint density at radius 3 is 3.17 bits per heavy atom. The summed E-state index contributed by atoms with van der Waals surface area (Å²) < 4.78 is 10.2. The van der Waals surface area contributed by atoms with Crippen LogP contribution in [-0.4, -0.2) is 45.2 Å². The van der Waals surface area contributed by atoms with Crippen molar-refractivity contribution in [3.8, 4) is 11.4 Å². The lowest BCUT2D eigenvalue weighted by molar-refractivity contribution is -0.132. The first kappa shape index (κ1) is 15.7. The molecular weight excluding hydrogens is 298 g/mol. The third kappa shape index (κ3) is 3.79. The highest BCUT2D eigenvalue weighted by molar-refractivity contribution is 5.77. The van der Waals surface area contributed by atoms with Gasteiger partial charge in [-0.05, 0) is 31.7 Å². The molecule has 0 saturated carbocycles. The highest BCUT2D eigenvalue weighted by Crippen LogP contribution is 2.23. The Kier molecular flexibility index (Phi) is 5.07. The van der Waals surface area contributed by atoms with Gasteiger partial charge in [0, 0.05) is 32.0 Å². The van der Waals surface area contributed by atoms with E-state index in [2.05, 4.69) is 10.1 Å². The van der Waals surface area contributed by atoms with Crippen LogP contribution in [0.4, 0.5) is 0 Å². The van der Waals surface area contributed by atoms with E-state index >= 15 is 0 Å². The molecule has 2 aromatic rings. The molecule has 0 bridgehead atoms. The van der Waals surface area contributed by atoms with Gasteiger partial charge in [-0.1, -0.05) is 5.16 Å². The van der Waals surface area contributed by atoms with Crippen molar-refractivity contribution in [1.29, 1.82) is 0 Å². The van der Waals surface area contributed by atoms with Crippen LogP contribution in [0.3, 0.4) is 0 Å². The lowest BCUT2D eigenvalue weighted by Gasteiger charge is -2.24. The summed E-state index contributed by atoms with van der Waals surface area (Å²) in [6.07, 6.45) is 7.57. The normalized spacial score (nSPS) is 17.8. The molecule has 2 aromatic heterocycles. The summed E-state index contributed by atoms with van der Waals surface area (Å²) in [4.78, 5) is 18.6. The summed E-state index contributed by atoms with van der Waals surface area (Å²) >= 11 is 0. The Labute approximate surface area is 134 Å². The Morgan fingerprint density at radius 1 is 1.48 bits per heavy atom. The van der Waals surface area contributed by atoms with Crippen molar-refractivity contribution in [2.24, 2.45) is 0 Å². The third-order valence-corrected chi connectivity index (χ3v) is 4.19. The summed E-state index contributed by atoms with van der Waals surface area (Å²) in [5.74, 6) is 1.05. The maximum absolute atomic E-state index is 12.4. The first-order valence-electron chi connectivity index (χ1n) is 8.03. The van der Waals surface area contributed by atoms with Crippen LogP contribution in [0.25, 0.3) is 11.4 Å². The number of aromatic nitrogens is 2. The van der Waals surface area contributed by atoms with Crippen LogP contribution in [0.15, 0.2) is 27.5 Å². The second kappa shape index (κ2) is 7.41. The summed E-state index contributed by atoms with van der Waals surface area (Å²) in [6.45, 7) is 0.982. The van der Waals surface area contributed by atoms with Gasteiger partial charge in [0.2, 0.25) is 17.6 Å². The predicted octanol–water partition coefficient (Wildman–Crippen LogP) is 2.03. The van der Waals surface area contributed by atoms with Crippen LogP contribution in [0, 0.1) is 0 Å². The van der Waals surface area contributed by atoms with E-state index in [1.807, 2.05) is 4.90 Å². The van der Waals surface area contributed by atoms with Crippen molar-refractivity contribution in [2.45, 2.75) is 44.6 Å². The van der Waals surface area contributed by atoms with Gasteiger partial charge in [-0.15, -0.1) is 0 Å². The van der Waals surface area contributed by atoms with Crippen LogP contribution < -0.4 is 0 Å². The number of carbonyl (C=O) groups excluding carboxylic acids is 1. The van der Waals surface area contributed by atoms with E-state index in [1.165, 1.54) is 0 Å². The number of hydrogen-bond acceptors (Lipinski definition) is 6. The minimum absolute atomic E-state index is 0.119. The second-order valence-electron chi connectivity index (χ2n) is 5.77. The predicted molar refractivity (Wildman–Crippen MR) is 81.4 cm³/mol. The molecule has 3 heterocycles. The van der Waals surface area contributed by atoms with Crippen molar-refractivity contribution < 1.29 is 18.8 Å². The van der Waals surface area contributed by atoms with Crippen LogP contribution in [0.5, 0.6) is 0 Å². The van der Waals surface area contributed by atoms with Crippen molar-refractivity contribution in [1.82, 2.24) is 15.0 Å². The molecule has 3 rings (SSSR count). The Balaban J connectivity index is 1.52. The Morgan fingerprint density at radius 2 is 2.39 bits per heavy atom. The Hall–Kier alpha value is -2.15. The van der Waals surface area contributed by atoms with Crippen LogP contribution in [-0.2, 0) is 11.2 Å². The fraction of sp³-hybridized carbons (Fsp3) is 0.562. The topological polar surface area (TPSA) is 92.6 Å². The number of amides is 1. The second-order valence-corrected chi connectivity index (χ2v) is 5.77. The zero-order valence-corrected chi connectivity index (χ0v) is 13.0. The average Bonchev–Trinajstić information content (AvgIpc) is 3.31. The van der Waals surface area contributed by atoms with Gasteiger partial charge in [0.05, 0.1) is 11.8 Å². The summed E-state index contributed by atoms with van der Waals surface area (Å²) in [5, 5.41) is 12.8. The molecule has 0 spiro atoms. The molecular formula is C16H21N3O4. The molecule has 7 nitrogen and oxygen atoms in total. The molecule has 0 aromatic carbocycles. The molecule has 1 N–H and O–H groups in total. The number of carbonyl (C=O) groups is 1. The van der Waals surface area contributed by atoms with E-state index in [9.17, 15) is 4.79 Å². The summed E-state index contributed by atoms with van der Waals surface area (Å²) in [7, 11) is 0. The van der Waals surface area contributed by atoms with Gasteiger partial charge < -0.3 is 18.9 Å². The van der Waals surface area contributed by atoms with Crippen LogP contribution >= 0.6 is 0 Å². The van der Waals surface area contributed by atoms with E-state index in [0.29, 0.717) is 24.6 Å². The fourth-order valence-corrected chi connectivity index (χ4v) is 3.01. The van der Waals surface area contributed by atoms with Crippen molar-refractivity contribution in [3.05, 3.63) is 24.5 Å². The maximum atomic E-state index is 12.4. The summed E-state index contributed by atoms with van der Waals surface area (Å²) in [6, 6.07) is 2.02. The highest BCUT2D eigenvalue weighted by atomic mass is 16.5. The van der Waals surface area contributed by atoms with Crippen molar-refractivity contribution >= 4 is 5.91 Å². The van der Waals surface area contributed by atoms with Gasteiger partial charge in [0.25, 0.3) is 0 Å². The number of hydrogen-bond donors (Lipinski definition) is 1. The van der Waals surface area contributed by atoms with Gasteiger partial charge >= 0.3 is 0 Å². The minimum atomic E-state index is 0.119. The van der Waals surface area contributed by atoms with Crippen LogP contribution in [0.2, 0.25) is 0 Å². The first-order valence-corrected chi connectivity index (χ1v) is 8.03. The third-order valence-electron chi connectivity index (χ3n) is 4.19. The number of aliphatic hydroxyl groups excluding tert-OH is 1. The molecule has 1 atom stereocenters. The first-order chi connectivity index (χ1) is 11.3. The van der Waals surface area contributed by atoms with E-state index < -0.39 is 0 Å². The summed E-state index contributed by atoms with van der Waals surface area (Å²) in [5.41, 5.74) is 0.759. The zero-order valence-electron chi connectivity index (χ0n) is 13.0. The van der Waals surface area contributed by atoms with Gasteiger partial charge in [0.15, 0.2) is 0 Å². The molecule has 1 saturated heterocycles. The number of aryl methyl sites for hydroxylation is 1. The maximum Gasteiger partial charge on any atom is 0.227 e. The van der Waals surface area contributed by atoms with Crippen molar-refractivity contribution in [2.75, 3.05) is 13.2 Å². The standard InChI is InChI=1S/C16H21N3O4/c20-9-2-4-13-3-1-8-19(13)15(21)6-5-14-17-16(18-23-14)12-7-10-22-11-12/h7,10-11,13,20H,1-6,8-9H2. The van der Waals surface area contributed by atoms with Gasteiger partial charge in [-0.3, -0.25) is 4.79 Å². The monoisotopic (exact) mass is 319 g/mol. The number of aliphatic hydroxyl groups is 1. The lowest BCUT2D eigenvalue weighted by atomic mass is 10.1. The van der Waals surface area contributed by atoms with E-state index in [-0.39, 0.29) is 18.6 Å². The number of furan rings is 1. The van der Waals surface area contributed by atoms with Gasteiger partial charge in [-0.2, -0.15) is 4.98 Å². The minimum Gasteiger partial charge on any atom is -0.472 e. The fourth-order valence-electron chi connectivity index (χ4n) is 3.01. The molecule has 1 amide bonds. The lowest BCUT2D eigenvalue weighted by Crippen LogP contribution is -2.35. The highest BCUT2D eigenvalue weighted by Gasteiger charge is 2.28. The number of rotatable bonds is 7. The molecule has 7 heteroatoms. The SMILES string of the molecule is O=C(CCc1nc(-c2ccoc2)no1)N1CCCC1CCCO. The van der Waals surface area contributed by atoms with Gasteiger partial charge in [0.1, 0.15) is 6.26 Å². The molecule has 1 unspecified atom stereocenters. The molecule has 0 radical (unpaired) electrons. The number of nitrogens with zero attached hydrogens (tertiary/aromatic N) is 3. The molecule has 1 aliphatic heterocycles. The molecule has 124 valence electrons. The van der Waals surface area contributed by atoms with Crippen LogP contribution in [0.1, 0.15) is 38.0 Å². The average molecular weight is 319 g/mol. The molecule has 0 aliphatic carbocycles. The molecule has 1 fully saturated rings. The largest absolute Gasteiger partial charge is 0.472 e. The Bertz CT molecular complexity index is 623. The quantitative estimate of drug-likeness (QED) is 0.839. The van der Waals surface area contributed by atoms with E-state index in [4.69, 9.17) is 14.0 Å². The van der Waals surface area contributed by atoms with E-state index in [1.54, 1.807) is 18.6 Å². The van der Waals surface area contributed by atoms with Gasteiger partial charge in [-0.25, -0.2) is 0 Å².